The van der Waals surface area contributed by atoms with Gasteiger partial charge in [-0.3, -0.25) is 0 Å². The zero-order chi connectivity index (χ0) is 38.5. The van der Waals surface area contributed by atoms with Crippen LogP contribution in [0.25, 0.3) is 0 Å². The Kier molecular flexibility index (Phi) is 16.7. The lowest BCUT2D eigenvalue weighted by Gasteiger charge is -2.46. The molecule has 0 heterocycles. The molecule has 0 aliphatic carbocycles. The summed E-state index contributed by atoms with van der Waals surface area (Å²) in [6.07, 6.45) is 0. The van der Waals surface area contributed by atoms with E-state index in [-0.39, 0.29) is 21.7 Å². The molecule has 0 unspecified atom stereocenters. The predicted molar refractivity (Wildman–Crippen MR) is 188 cm³/mol. The summed E-state index contributed by atoms with van der Waals surface area (Å²) >= 11 is 0. The summed E-state index contributed by atoms with van der Waals surface area (Å²) < 4.78 is 12.5. The largest absolute Gasteiger partial charge is 0.466 e. The lowest BCUT2D eigenvalue weighted by Crippen LogP contribution is -2.56. The minimum absolute atomic E-state index is 0.120. The van der Waals surface area contributed by atoms with Crippen molar-refractivity contribution in [3.63, 3.8) is 0 Å². The van der Waals surface area contributed by atoms with Gasteiger partial charge in [-0.15, -0.1) is 0 Å². The van der Waals surface area contributed by atoms with Gasteiger partial charge in [0.25, 0.3) is 0 Å². The molecular formula is C32H57O13P3. The van der Waals surface area contributed by atoms with Crippen molar-refractivity contribution in [2.75, 3.05) is 13.2 Å². The Balaban J connectivity index is 0.00000156. The third-order valence-corrected chi connectivity index (χ3v) is 8.73. The zero-order valence-corrected chi connectivity index (χ0v) is 32.6. The molecule has 0 bridgehead atoms. The summed E-state index contributed by atoms with van der Waals surface area (Å²) in [6.45, 7) is 23.5. The number of hydrogen-bond donors (Lipinski definition) is 11. The number of rotatable bonds is 7. The topological polar surface area (TPSA) is 249 Å². The van der Waals surface area contributed by atoms with Crippen molar-refractivity contribution in [1.82, 2.24) is 0 Å². The van der Waals surface area contributed by atoms with E-state index in [9.17, 15) is 20.4 Å². The molecule has 0 saturated heterocycles. The van der Waals surface area contributed by atoms with E-state index in [0.717, 1.165) is 22.3 Å². The monoisotopic (exact) mass is 742 g/mol. The molecule has 0 aromatic heterocycles. The Bertz CT molecular complexity index is 1270. The van der Waals surface area contributed by atoms with Gasteiger partial charge in [0.2, 0.25) is 0 Å². The Morgan fingerprint density at radius 2 is 0.792 bits per heavy atom. The molecule has 0 aliphatic heterocycles. The van der Waals surface area contributed by atoms with Crippen LogP contribution in [0.2, 0.25) is 0 Å². The van der Waals surface area contributed by atoms with Crippen LogP contribution in [0.15, 0.2) is 36.4 Å². The Morgan fingerprint density at radius 1 is 0.542 bits per heavy atom. The van der Waals surface area contributed by atoms with Crippen molar-refractivity contribution in [2.45, 2.75) is 116 Å². The minimum Gasteiger partial charge on any atom is -0.393 e. The fraction of sp³-hybridized carbons (Fsp3) is 0.625. The van der Waals surface area contributed by atoms with E-state index >= 15 is 0 Å². The van der Waals surface area contributed by atoms with Gasteiger partial charge in [-0.2, -0.15) is 0 Å². The summed E-state index contributed by atoms with van der Waals surface area (Å²) in [7, 11) is -9.86. The lowest BCUT2D eigenvalue weighted by molar-refractivity contribution is -0.204. The predicted octanol–water partition coefficient (Wildman–Crippen LogP) is 4.43. The van der Waals surface area contributed by atoms with Gasteiger partial charge in [0.15, 0.2) is 0 Å². The van der Waals surface area contributed by atoms with Crippen molar-refractivity contribution < 1.29 is 63.6 Å². The average molecular weight is 743 g/mol. The molecule has 0 saturated carbocycles. The number of phosphoric acid groups is 1. The normalized spacial score (nSPS) is 15.6. The molecule has 13 nitrogen and oxygen atoms in total. The summed E-state index contributed by atoms with van der Waals surface area (Å²) in [5, 5.41) is 46.0. The maximum absolute atomic E-state index is 12.3. The molecule has 278 valence electrons. The van der Waals surface area contributed by atoms with Crippen molar-refractivity contribution >= 4 is 25.0 Å². The summed E-state index contributed by atoms with van der Waals surface area (Å²) in [6, 6.07) is 11.6. The van der Waals surface area contributed by atoms with Crippen molar-refractivity contribution in [3.05, 3.63) is 69.8 Å². The molecule has 0 fully saturated rings. The smallest absolute Gasteiger partial charge is 0.393 e. The van der Waals surface area contributed by atoms with E-state index in [1.807, 2.05) is 53.7 Å². The highest BCUT2D eigenvalue weighted by atomic mass is 31.2. The Hall–Kier alpha value is -0.950. The second-order valence-electron chi connectivity index (χ2n) is 15.7. The molecule has 2 rings (SSSR count). The first kappa shape index (κ1) is 47.0. The molecule has 2 atom stereocenters. The SMILES string of the molecule is CC(C)(C)c1ccc([C@](O)(CO)[C@](O)(CO)c2ccc(C(C)(C)C)cc2C(C)(C)C)c(C(C)(C)C)c1.O=P(O)(O)O.OP(O)OP(O)O. The van der Waals surface area contributed by atoms with Crippen LogP contribution in [-0.4, -0.2) is 67.9 Å². The molecule has 2 aromatic carbocycles. The molecular weight excluding hydrogens is 685 g/mol. The molecule has 0 aliphatic rings. The van der Waals surface area contributed by atoms with Crippen LogP contribution in [-0.2, 0) is 41.7 Å². The maximum atomic E-state index is 12.3. The third-order valence-electron chi connectivity index (χ3n) is 7.57. The number of aliphatic hydroxyl groups is 4. The highest BCUT2D eigenvalue weighted by molar-refractivity contribution is 7.53. The van der Waals surface area contributed by atoms with Gasteiger partial charge in [-0.1, -0.05) is 119 Å². The van der Waals surface area contributed by atoms with Gasteiger partial charge in [-0.25, -0.2) is 8.88 Å². The van der Waals surface area contributed by atoms with Gasteiger partial charge >= 0.3 is 25.0 Å². The first-order chi connectivity index (χ1) is 21.2. The quantitative estimate of drug-likeness (QED) is 0.176. The molecule has 48 heavy (non-hydrogen) atoms. The highest BCUT2D eigenvalue weighted by Gasteiger charge is 2.54. The Labute approximate surface area is 287 Å². The van der Waals surface area contributed by atoms with Crippen molar-refractivity contribution in [2.24, 2.45) is 0 Å². The molecule has 0 spiro atoms. The molecule has 2 aromatic rings. The summed E-state index contributed by atoms with van der Waals surface area (Å²) in [5.41, 5.74) is -0.654. The van der Waals surface area contributed by atoms with E-state index in [2.05, 4.69) is 58.0 Å². The number of aliphatic hydroxyl groups excluding tert-OH is 2. The molecule has 0 radical (unpaired) electrons. The van der Waals surface area contributed by atoms with Crippen LogP contribution < -0.4 is 0 Å². The third kappa shape index (κ3) is 13.6. The average Bonchev–Trinajstić information content (AvgIpc) is 2.88. The maximum Gasteiger partial charge on any atom is 0.466 e. The van der Waals surface area contributed by atoms with Crippen molar-refractivity contribution in [3.8, 4) is 0 Å². The van der Waals surface area contributed by atoms with Crippen LogP contribution in [0.3, 0.4) is 0 Å². The van der Waals surface area contributed by atoms with E-state index in [1.165, 1.54) is 0 Å². The first-order valence-corrected chi connectivity index (χ1v) is 18.9. The van der Waals surface area contributed by atoms with Crippen LogP contribution in [0.4, 0.5) is 0 Å². The van der Waals surface area contributed by atoms with Gasteiger partial charge in [0.1, 0.15) is 11.2 Å². The highest BCUT2D eigenvalue weighted by Crippen LogP contribution is 2.48. The van der Waals surface area contributed by atoms with Gasteiger partial charge < -0.3 is 54.7 Å². The Morgan fingerprint density at radius 3 is 0.938 bits per heavy atom. The number of benzene rings is 2. The van der Waals surface area contributed by atoms with E-state index in [0.29, 0.717) is 11.1 Å². The standard InChI is InChI=1S/C32H50O4.H4O5P2.H3O4P/c1-27(2,3)21-13-15-23(25(17-21)29(7,8)9)31(35,19-33)32(36,20-34)24-16-14-22(28(4,5)6)18-26(24)30(10,11)12;1-6(2)5-7(3)4;1-5(2,3)4/h13-18,33-36H,19-20H2,1-12H3;1-4H;(H3,1,2,3,4)/t31-,32+;;. The fourth-order valence-electron chi connectivity index (χ4n) is 4.93. The second kappa shape index (κ2) is 17.0. The molecule has 0 amide bonds. The lowest BCUT2D eigenvalue weighted by atomic mass is 9.65. The van der Waals surface area contributed by atoms with Gasteiger partial charge in [0, 0.05) is 0 Å². The summed E-state index contributed by atoms with van der Waals surface area (Å²) in [4.78, 5) is 52.8. The van der Waals surface area contributed by atoms with Crippen molar-refractivity contribution in [1.29, 1.82) is 0 Å². The molecule has 11 N–H and O–H groups in total. The number of hydrogen-bond acceptors (Lipinski definition) is 10. The van der Waals surface area contributed by atoms with Crippen LogP contribution in [0.1, 0.15) is 116 Å². The van der Waals surface area contributed by atoms with E-state index < -0.39 is 49.4 Å². The van der Waals surface area contributed by atoms with Gasteiger partial charge in [-0.05, 0) is 55.0 Å². The first-order valence-electron chi connectivity index (χ1n) is 15.0. The fourth-order valence-corrected chi connectivity index (χ4v) is 5.45. The van der Waals surface area contributed by atoms with Gasteiger partial charge in [0.05, 0.1) is 13.2 Å². The van der Waals surface area contributed by atoms with Crippen LogP contribution in [0, 0.1) is 0 Å². The second-order valence-corrected chi connectivity index (χ2v) is 18.3. The van der Waals surface area contributed by atoms with Crippen LogP contribution >= 0.6 is 25.0 Å². The molecule has 16 heteroatoms. The van der Waals surface area contributed by atoms with Crippen LogP contribution in [0.5, 0.6) is 0 Å². The minimum atomic E-state index is -4.64. The zero-order valence-electron chi connectivity index (χ0n) is 30.0. The van der Waals surface area contributed by atoms with E-state index in [1.54, 1.807) is 12.1 Å². The summed E-state index contributed by atoms with van der Waals surface area (Å²) in [5.74, 6) is 0. The van der Waals surface area contributed by atoms with E-state index in [4.69, 9.17) is 38.8 Å².